The Kier molecular flexibility index (Phi) is 4.91. The van der Waals surface area contributed by atoms with E-state index >= 15 is 0 Å². The molecule has 19 heavy (non-hydrogen) atoms. The van der Waals surface area contributed by atoms with Crippen LogP contribution in [-0.2, 0) is 6.54 Å². The maximum atomic E-state index is 3.61. The van der Waals surface area contributed by atoms with Gasteiger partial charge >= 0.3 is 0 Å². The van der Waals surface area contributed by atoms with Gasteiger partial charge in [-0.05, 0) is 29.5 Å². The van der Waals surface area contributed by atoms with Crippen LogP contribution in [0.5, 0.6) is 0 Å². The van der Waals surface area contributed by atoms with Gasteiger partial charge in [0.15, 0.2) is 0 Å². The van der Waals surface area contributed by atoms with Crippen molar-refractivity contribution in [1.82, 2.24) is 5.32 Å². The number of halogens is 1. The number of benzene rings is 1. The van der Waals surface area contributed by atoms with E-state index in [9.17, 15) is 0 Å². The lowest BCUT2D eigenvalue weighted by molar-refractivity contribution is 0.494. The van der Waals surface area contributed by atoms with Gasteiger partial charge in [0, 0.05) is 35.8 Å². The average molecular weight is 325 g/mol. The normalized spacial score (nSPS) is 23.4. The fourth-order valence-electron chi connectivity index (χ4n) is 2.62. The average Bonchev–Trinajstić information content (AvgIpc) is 2.68. The second-order valence-electron chi connectivity index (χ2n) is 6.17. The van der Waals surface area contributed by atoms with Crippen LogP contribution in [0, 0.1) is 11.8 Å². The summed E-state index contributed by atoms with van der Waals surface area (Å²) >= 11 is 3.61. The molecule has 2 rings (SSSR count). The minimum atomic E-state index is 0.521. The molecular formula is C16H25BrN2. The Morgan fingerprint density at radius 1 is 1.26 bits per heavy atom. The van der Waals surface area contributed by atoms with Crippen LogP contribution in [0.2, 0.25) is 0 Å². The van der Waals surface area contributed by atoms with E-state index < -0.39 is 0 Å². The first-order valence-electron chi connectivity index (χ1n) is 7.24. The Labute approximate surface area is 125 Å². The first-order chi connectivity index (χ1) is 8.97. The van der Waals surface area contributed by atoms with Gasteiger partial charge in [-0.3, -0.25) is 0 Å². The quantitative estimate of drug-likeness (QED) is 0.899. The summed E-state index contributed by atoms with van der Waals surface area (Å²) in [4.78, 5) is 2.54. The van der Waals surface area contributed by atoms with E-state index in [2.05, 4.69) is 72.0 Å². The molecule has 1 N–H and O–H groups in total. The first kappa shape index (κ1) is 14.9. The number of nitrogens with zero attached hydrogens (tertiary/aromatic N) is 1. The third-order valence-corrected chi connectivity index (χ3v) is 4.57. The van der Waals surface area contributed by atoms with Gasteiger partial charge in [0.05, 0.1) is 0 Å². The minimum absolute atomic E-state index is 0.521. The fourth-order valence-corrected chi connectivity index (χ4v) is 2.97. The molecule has 0 aromatic heterocycles. The molecule has 1 saturated heterocycles. The predicted octanol–water partition coefficient (Wildman–Crippen LogP) is 4.04. The highest BCUT2D eigenvalue weighted by atomic mass is 79.9. The van der Waals surface area contributed by atoms with Crippen molar-refractivity contribution >= 4 is 21.6 Å². The molecule has 0 bridgehead atoms. The van der Waals surface area contributed by atoms with Gasteiger partial charge in [-0.2, -0.15) is 0 Å². The summed E-state index contributed by atoms with van der Waals surface area (Å²) < 4.78 is 1.17. The van der Waals surface area contributed by atoms with Crippen molar-refractivity contribution < 1.29 is 0 Å². The molecule has 0 spiro atoms. The highest BCUT2D eigenvalue weighted by Gasteiger charge is 2.27. The third kappa shape index (κ3) is 3.73. The van der Waals surface area contributed by atoms with E-state index in [1.54, 1.807) is 0 Å². The summed E-state index contributed by atoms with van der Waals surface area (Å²) in [6.45, 7) is 12.4. The highest BCUT2D eigenvalue weighted by molar-refractivity contribution is 9.10. The van der Waals surface area contributed by atoms with Crippen molar-refractivity contribution in [2.24, 2.45) is 11.8 Å². The molecule has 2 nitrogen and oxygen atoms in total. The Morgan fingerprint density at radius 2 is 1.89 bits per heavy atom. The zero-order chi connectivity index (χ0) is 14.0. The van der Waals surface area contributed by atoms with Gasteiger partial charge in [0.1, 0.15) is 0 Å². The lowest BCUT2D eigenvalue weighted by atomic mass is 10.0. The number of hydrogen-bond acceptors (Lipinski definition) is 2. The molecule has 1 aliphatic heterocycles. The molecule has 1 aromatic carbocycles. The Hall–Kier alpha value is -0.540. The summed E-state index contributed by atoms with van der Waals surface area (Å²) in [5.41, 5.74) is 2.79. The van der Waals surface area contributed by atoms with Crippen LogP contribution in [0.25, 0.3) is 0 Å². The SMILES string of the molecule is CC(C)NCc1ccc(Br)cc1N1CC(C)C(C)C1. The van der Waals surface area contributed by atoms with Crippen LogP contribution in [0.1, 0.15) is 33.3 Å². The molecule has 1 heterocycles. The van der Waals surface area contributed by atoms with Gasteiger partial charge in [0.2, 0.25) is 0 Å². The van der Waals surface area contributed by atoms with Gasteiger partial charge < -0.3 is 10.2 Å². The number of nitrogens with one attached hydrogen (secondary N) is 1. The fraction of sp³-hybridized carbons (Fsp3) is 0.625. The molecule has 0 radical (unpaired) electrons. The third-order valence-electron chi connectivity index (χ3n) is 4.08. The van der Waals surface area contributed by atoms with E-state index in [0.29, 0.717) is 6.04 Å². The summed E-state index contributed by atoms with van der Waals surface area (Å²) in [5.74, 6) is 1.56. The number of anilines is 1. The molecule has 0 aliphatic carbocycles. The number of rotatable bonds is 4. The second kappa shape index (κ2) is 6.27. The van der Waals surface area contributed by atoms with Crippen molar-refractivity contribution in [1.29, 1.82) is 0 Å². The molecular weight excluding hydrogens is 300 g/mol. The zero-order valence-electron chi connectivity index (χ0n) is 12.4. The Morgan fingerprint density at radius 3 is 2.47 bits per heavy atom. The molecule has 3 heteroatoms. The molecule has 106 valence electrons. The largest absolute Gasteiger partial charge is 0.371 e. The second-order valence-corrected chi connectivity index (χ2v) is 7.08. The Balaban J connectivity index is 2.20. The summed E-state index contributed by atoms with van der Waals surface area (Å²) in [6.07, 6.45) is 0. The Bertz CT molecular complexity index is 421. The monoisotopic (exact) mass is 324 g/mol. The molecule has 1 aromatic rings. The van der Waals surface area contributed by atoms with Crippen molar-refractivity contribution in [2.75, 3.05) is 18.0 Å². The van der Waals surface area contributed by atoms with Crippen molar-refractivity contribution in [3.8, 4) is 0 Å². The van der Waals surface area contributed by atoms with E-state index in [-0.39, 0.29) is 0 Å². The topological polar surface area (TPSA) is 15.3 Å². The highest BCUT2D eigenvalue weighted by Crippen LogP contribution is 2.32. The van der Waals surface area contributed by atoms with Crippen LogP contribution in [0.15, 0.2) is 22.7 Å². The van der Waals surface area contributed by atoms with E-state index in [4.69, 9.17) is 0 Å². The van der Waals surface area contributed by atoms with Crippen molar-refractivity contribution in [3.63, 3.8) is 0 Å². The number of hydrogen-bond donors (Lipinski definition) is 1. The van der Waals surface area contributed by atoms with Gasteiger partial charge in [-0.25, -0.2) is 0 Å². The van der Waals surface area contributed by atoms with Gasteiger partial charge in [-0.1, -0.05) is 49.7 Å². The molecule has 1 aliphatic rings. The van der Waals surface area contributed by atoms with Crippen molar-refractivity contribution in [2.45, 2.75) is 40.3 Å². The van der Waals surface area contributed by atoms with Gasteiger partial charge in [0.25, 0.3) is 0 Å². The van der Waals surface area contributed by atoms with Gasteiger partial charge in [-0.15, -0.1) is 0 Å². The summed E-state index contributed by atoms with van der Waals surface area (Å²) in [7, 11) is 0. The molecule has 0 amide bonds. The molecule has 2 unspecified atom stereocenters. The van der Waals surface area contributed by atoms with Crippen LogP contribution in [0.4, 0.5) is 5.69 Å². The summed E-state index contributed by atoms with van der Waals surface area (Å²) in [5, 5.41) is 3.53. The lowest BCUT2D eigenvalue weighted by Gasteiger charge is -2.23. The van der Waals surface area contributed by atoms with E-state index in [1.165, 1.54) is 28.8 Å². The van der Waals surface area contributed by atoms with Crippen LogP contribution in [-0.4, -0.2) is 19.1 Å². The maximum Gasteiger partial charge on any atom is 0.0423 e. The van der Waals surface area contributed by atoms with E-state index in [0.717, 1.165) is 18.4 Å². The maximum absolute atomic E-state index is 3.61. The predicted molar refractivity (Wildman–Crippen MR) is 86.7 cm³/mol. The van der Waals surface area contributed by atoms with Crippen LogP contribution < -0.4 is 10.2 Å². The smallest absolute Gasteiger partial charge is 0.0423 e. The first-order valence-corrected chi connectivity index (χ1v) is 8.03. The van der Waals surface area contributed by atoms with E-state index in [1.807, 2.05) is 0 Å². The standard InChI is InChI=1S/C16H25BrN2/c1-11(2)18-8-14-5-6-15(17)7-16(14)19-9-12(3)13(4)10-19/h5-7,11-13,18H,8-10H2,1-4H3. The minimum Gasteiger partial charge on any atom is -0.371 e. The molecule has 2 atom stereocenters. The van der Waals surface area contributed by atoms with Crippen LogP contribution >= 0.6 is 15.9 Å². The van der Waals surface area contributed by atoms with Crippen molar-refractivity contribution in [3.05, 3.63) is 28.2 Å². The zero-order valence-corrected chi connectivity index (χ0v) is 14.0. The van der Waals surface area contributed by atoms with Crippen LogP contribution in [0.3, 0.4) is 0 Å². The summed E-state index contributed by atoms with van der Waals surface area (Å²) in [6, 6.07) is 7.17. The molecule has 1 fully saturated rings. The molecule has 0 saturated carbocycles. The lowest BCUT2D eigenvalue weighted by Crippen LogP contribution is -2.25.